The third-order valence-electron chi connectivity index (χ3n) is 8.05. The molecule has 0 aliphatic rings. The Morgan fingerprint density at radius 2 is 1.04 bits per heavy atom. The standard InChI is InChI=1S/C40H70NO10P/c1-3-5-7-9-11-13-15-16-17-18-19-20-22-23-25-27-29-31-38(42)48-33-36(34-49-52(46,47)50-35-37(41)40(44)45)51-39(43)32-30-28-26-24-21-14-12-10-8-6-4-2/h10-13,16-17,19-20,36-37H,3-9,14-15,18,21-35,41H2,1-2H3,(H,44,45)(H,46,47)/t36-,37+/m1/s1. The Morgan fingerprint density at radius 1 is 0.596 bits per heavy atom. The van der Waals surface area contributed by atoms with Crippen LogP contribution in [0.25, 0.3) is 0 Å². The maximum absolute atomic E-state index is 12.5. The van der Waals surface area contributed by atoms with Gasteiger partial charge >= 0.3 is 25.7 Å². The molecule has 0 saturated heterocycles. The summed E-state index contributed by atoms with van der Waals surface area (Å²) in [6.07, 6.45) is 37.5. The second kappa shape index (κ2) is 35.5. The number of hydrogen-bond donors (Lipinski definition) is 3. The van der Waals surface area contributed by atoms with Gasteiger partial charge in [-0.3, -0.25) is 23.4 Å². The van der Waals surface area contributed by atoms with E-state index in [0.717, 1.165) is 83.5 Å². The molecule has 0 aromatic rings. The number of allylic oxidation sites excluding steroid dienone is 8. The monoisotopic (exact) mass is 755 g/mol. The Hall–Kier alpha value is -2.56. The van der Waals surface area contributed by atoms with Crippen LogP contribution in [0, 0.1) is 0 Å². The molecule has 0 rings (SSSR count). The lowest BCUT2D eigenvalue weighted by Gasteiger charge is -2.20. The van der Waals surface area contributed by atoms with Crippen molar-refractivity contribution in [1.82, 2.24) is 0 Å². The molecule has 12 heteroatoms. The third kappa shape index (κ3) is 34.5. The minimum atomic E-state index is -4.72. The molecule has 1 unspecified atom stereocenters. The minimum absolute atomic E-state index is 0.144. The summed E-state index contributed by atoms with van der Waals surface area (Å²) in [5, 5.41) is 8.86. The number of unbranched alkanes of at least 4 members (excludes halogenated alkanes) is 14. The number of phosphoric ester groups is 1. The summed E-state index contributed by atoms with van der Waals surface area (Å²) < 4.78 is 32.5. The normalized spacial score (nSPS) is 14.4. The molecule has 0 saturated carbocycles. The van der Waals surface area contributed by atoms with Gasteiger partial charge in [0, 0.05) is 12.8 Å². The van der Waals surface area contributed by atoms with E-state index in [1.807, 2.05) is 0 Å². The molecule has 3 atom stereocenters. The molecule has 0 aliphatic carbocycles. The highest BCUT2D eigenvalue weighted by atomic mass is 31.2. The van der Waals surface area contributed by atoms with Crippen LogP contribution in [0.3, 0.4) is 0 Å². The van der Waals surface area contributed by atoms with Gasteiger partial charge in [-0.25, -0.2) is 4.57 Å². The van der Waals surface area contributed by atoms with Gasteiger partial charge < -0.3 is 25.2 Å². The highest BCUT2D eigenvalue weighted by Gasteiger charge is 2.28. The van der Waals surface area contributed by atoms with Crippen molar-refractivity contribution < 1.29 is 47.5 Å². The Labute approximate surface area is 314 Å². The van der Waals surface area contributed by atoms with Gasteiger partial charge in [-0.05, 0) is 70.6 Å². The molecule has 300 valence electrons. The molecule has 11 nitrogen and oxygen atoms in total. The van der Waals surface area contributed by atoms with Crippen molar-refractivity contribution in [2.24, 2.45) is 5.73 Å². The van der Waals surface area contributed by atoms with Gasteiger partial charge in [-0.2, -0.15) is 0 Å². The molecule has 0 aromatic carbocycles. The first-order valence-electron chi connectivity index (χ1n) is 19.7. The first kappa shape index (κ1) is 49.4. The summed E-state index contributed by atoms with van der Waals surface area (Å²) in [4.78, 5) is 45.7. The van der Waals surface area contributed by atoms with Gasteiger partial charge in [-0.15, -0.1) is 0 Å². The number of carbonyl (C=O) groups is 3. The number of esters is 2. The van der Waals surface area contributed by atoms with E-state index in [1.165, 1.54) is 32.1 Å². The third-order valence-corrected chi connectivity index (χ3v) is 9.00. The van der Waals surface area contributed by atoms with Gasteiger partial charge in [-0.1, -0.05) is 120 Å². The Bertz CT molecular complexity index is 1070. The number of ether oxygens (including phenoxy) is 2. The van der Waals surface area contributed by atoms with E-state index in [4.69, 9.17) is 24.8 Å². The minimum Gasteiger partial charge on any atom is -0.480 e. The smallest absolute Gasteiger partial charge is 0.472 e. The number of hydrogen-bond acceptors (Lipinski definition) is 9. The van der Waals surface area contributed by atoms with Gasteiger partial charge in [0.15, 0.2) is 6.10 Å². The van der Waals surface area contributed by atoms with Crippen LogP contribution >= 0.6 is 7.82 Å². The van der Waals surface area contributed by atoms with E-state index in [2.05, 4.69) is 67.0 Å². The van der Waals surface area contributed by atoms with E-state index in [-0.39, 0.29) is 19.4 Å². The van der Waals surface area contributed by atoms with Crippen molar-refractivity contribution in [1.29, 1.82) is 0 Å². The Balaban J connectivity index is 4.46. The van der Waals surface area contributed by atoms with Crippen LogP contribution in [0.2, 0.25) is 0 Å². The topological polar surface area (TPSA) is 172 Å². The fourth-order valence-corrected chi connectivity index (χ4v) is 5.65. The molecular weight excluding hydrogens is 685 g/mol. The Morgan fingerprint density at radius 3 is 1.60 bits per heavy atom. The van der Waals surface area contributed by atoms with Crippen LogP contribution in [-0.4, -0.2) is 59.9 Å². The van der Waals surface area contributed by atoms with Crippen molar-refractivity contribution in [3.05, 3.63) is 48.6 Å². The Kier molecular flexibility index (Phi) is 33.7. The molecule has 0 bridgehead atoms. The predicted octanol–water partition coefficient (Wildman–Crippen LogP) is 9.83. The number of carboxylic acid groups (broad SMARTS) is 1. The maximum Gasteiger partial charge on any atom is 0.472 e. The highest BCUT2D eigenvalue weighted by Crippen LogP contribution is 2.43. The summed E-state index contributed by atoms with van der Waals surface area (Å²) in [6, 6.07) is -1.53. The van der Waals surface area contributed by atoms with Crippen LogP contribution in [0.15, 0.2) is 48.6 Å². The van der Waals surface area contributed by atoms with Crippen LogP contribution in [0.4, 0.5) is 0 Å². The molecule has 0 spiro atoms. The lowest BCUT2D eigenvalue weighted by molar-refractivity contribution is -0.161. The first-order valence-corrected chi connectivity index (χ1v) is 21.2. The van der Waals surface area contributed by atoms with E-state index >= 15 is 0 Å². The fourth-order valence-electron chi connectivity index (χ4n) is 4.87. The quantitative estimate of drug-likeness (QED) is 0.0241. The number of rotatable bonds is 36. The van der Waals surface area contributed by atoms with Crippen molar-refractivity contribution >= 4 is 25.7 Å². The maximum atomic E-state index is 12.5. The van der Waals surface area contributed by atoms with Crippen LogP contribution < -0.4 is 5.73 Å². The summed E-state index contributed by atoms with van der Waals surface area (Å²) >= 11 is 0. The summed E-state index contributed by atoms with van der Waals surface area (Å²) in [5.74, 6) is -2.43. The number of aliphatic carboxylic acids is 1. The molecule has 52 heavy (non-hydrogen) atoms. The average molecular weight is 756 g/mol. The van der Waals surface area contributed by atoms with Crippen molar-refractivity contribution in [3.8, 4) is 0 Å². The number of carboxylic acids is 1. The second-order valence-electron chi connectivity index (χ2n) is 13.1. The highest BCUT2D eigenvalue weighted by molar-refractivity contribution is 7.47. The predicted molar refractivity (Wildman–Crippen MR) is 208 cm³/mol. The second-order valence-corrected chi connectivity index (χ2v) is 14.5. The molecule has 0 amide bonds. The lowest BCUT2D eigenvalue weighted by Crippen LogP contribution is -2.34. The van der Waals surface area contributed by atoms with E-state index < -0.39 is 51.1 Å². The molecule has 0 fully saturated rings. The van der Waals surface area contributed by atoms with Crippen LogP contribution in [0.1, 0.15) is 155 Å². The SMILES string of the molecule is CCCCC=CCCCCCCCC(=O)O[C@H](COC(=O)CCCCCCC=CCC=CCC=CCCCCC)COP(=O)(O)OC[C@H](N)C(=O)O. The van der Waals surface area contributed by atoms with Crippen LogP contribution in [-0.2, 0) is 37.5 Å². The molecule has 0 aliphatic heterocycles. The zero-order chi connectivity index (χ0) is 38.5. The van der Waals surface area contributed by atoms with E-state index in [1.54, 1.807) is 0 Å². The first-order chi connectivity index (χ1) is 25.1. The molecule has 0 radical (unpaired) electrons. The largest absolute Gasteiger partial charge is 0.480 e. The van der Waals surface area contributed by atoms with Gasteiger partial charge in [0.1, 0.15) is 12.6 Å². The van der Waals surface area contributed by atoms with Crippen LogP contribution in [0.5, 0.6) is 0 Å². The molecule has 4 N–H and O–H groups in total. The van der Waals surface area contributed by atoms with E-state index in [9.17, 15) is 23.8 Å². The van der Waals surface area contributed by atoms with Gasteiger partial charge in [0.2, 0.25) is 0 Å². The van der Waals surface area contributed by atoms with Gasteiger partial charge in [0.05, 0.1) is 13.2 Å². The molecule has 0 heterocycles. The fraction of sp³-hybridized carbons (Fsp3) is 0.725. The molecular formula is C40H70NO10P. The number of carbonyl (C=O) groups excluding carboxylic acids is 2. The van der Waals surface area contributed by atoms with Crippen molar-refractivity contribution in [2.45, 2.75) is 167 Å². The zero-order valence-corrected chi connectivity index (χ0v) is 33.0. The number of phosphoric acid groups is 1. The van der Waals surface area contributed by atoms with E-state index in [0.29, 0.717) is 12.8 Å². The summed E-state index contributed by atoms with van der Waals surface area (Å²) in [7, 11) is -4.72. The average Bonchev–Trinajstić information content (AvgIpc) is 3.12. The van der Waals surface area contributed by atoms with Crippen molar-refractivity contribution in [2.75, 3.05) is 19.8 Å². The number of nitrogens with two attached hydrogens (primary N) is 1. The summed E-state index contributed by atoms with van der Waals surface area (Å²) in [5.41, 5.74) is 5.31. The summed E-state index contributed by atoms with van der Waals surface area (Å²) in [6.45, 7) is 2.67. The lowest BCUT2D eigenvalue weighted by atomic mass is 10.1. The van der Waals surface area contributed by atoms with Gasteiger partial charge in [0.25, 0.3) is 0 Å². The molecule has 0 aromatic heterocycles. The zero-order valence-electron chi connectivity index (χ0n) is 32.1. The van der Waals surface area contributed by atoms with Crippen molar-refractivity contribution in [3.63, 3.8) is 0 Å².